The van der Waals surface area contributed by atoms with Crippen LogP contribution in [0.1, 0.15) is 17.0 Å². The molecule has 3 heterocycles. The number of benzene rings is 1. The lowest BCUT2D eigenvalue weighted by molar-refractivity contribution is 0.767. The molecule has 0 radical (unpaired) electrons. The zero-order chi connectivity index (χ0) is 20.1. The van der Waals surface area contributed by atoms with Crippen molar-refractivity contribution in [2.24, 2.45) is 5.10 Å². The zero-order valence-corrected chi connectivity index (χ0v) is 16.0. The Balaban J connectivity index is 1.65. The lowest BCUT2D eigenvalue weighted by atomic mass is 10.3. The Bertz CT molecular complexity index is 1120. The molecule has 0 fully saturated rings. The minimum Gasteiger partial charge on any atom is -0.324 e. The molecule has 0 saturated carbocycles. The van der Waals surface area contributed by atoms with Crippen molar-refractivity contribution < 1.29 is 0 Å². The van der Waals surface area contributed by atoms with E-state index in [9.17, 15) is 0 Å². The van der Waals surface area contributed by atoms with Crippen LogP contribution < -0.4 is 10.7 Å². The molecule has 1 aromatic carbocycles. The molecule has 0 bridgehead atoms. The van der Waals surface area contributed by atoms with Gasteiger partial charge < -0.3 is 5.32 Å². The van der Waals surface area contributed by atoms with E-state index < -0.39 is 0 Å². The SMILES string of the molecule is Cc1cc(C)n(-c2nc(N/N=C\c3cccnc3)nc(Nc3ccccc3)n2)n1. The van der Waals surface area contributed by atoms with Crippen LogP contribution >= 0.6 is 0 Å². The number of anilines is 3. The zero-order valence-electron chi connectivity index (χ0n) is 16.0. The standard InChI is InChI=1S/C20H19N9/c1-14-11-15(2)29(28-14)20-25-18(23-17-8-4-3-5-9-17)24-19(26-20)27-22-13-16-7-6-10-21-12-16/h3-13H,1-2H3,(H2,23,24,25,26,27)/b22-13-. The maximum absolute atomic E-state index is 4.50. The van der Waals surface area contributed by atoms with E-state index in [0.717, 1.165) is 22.6 Å². The predicted octanol–water partition coefficient (Wildman–Crippen LogP) is 3.26. The Hall–Kier alpha value is -4.14. The van der Waals surface area contributed by atoms with Crippen molar-refractivity contribution in [2.75, 3.05) is 10.7 Å². The van der Waals surface area contributed by atoms with Crippen LogP contribution in [-0.2, 0) is 0 Å². The number of aryl methyl sites for hydroxylation is 2. The van der Waals surface area contributed by atoms with E-state index in [1.165, 1.54) is 0 Å². The second-order valence-electron chi connectivity index (χ2n) is 6.27. The molecular formula is C20H19N9. The molecule has 0 aliphatic heterocycles. The van der Waals surface area contributed by atoms with Crippen LogP contribution in [0, 0.1) is 13.8 Å². The Kier molecular flexibility index (Phi) is 5.19. The van der Waals surface area contributed by atoms with Crippen molar-refractivity contribution in [3.8, 4) is 5.95 Å². The molecule has 9 nitrogen and oxygen atoms in total. The van der Waals surface area contributed by atoms with E-state index in [-0.39, 0.29) is 0 Å². The number of hydrogen-bond acceptors (Lipinski definition) is 8. The molecule has 29 heavy (non-hydrogen) atoms. The topological polar surface area (TPSA) is 106 Å². The van der Waals surface area contributed by atoms with Crippen molar-refractivity contribution in [3.63, 3.8) is 0 Å². The van der Waals surface area contributed by atoms with E-state index in [2.05, 4.69) is 40.9 Å². The molecule has 9 heteroatoms. The third-order valence-electron chi connectivity index (χ3n) is 3.92. The van der Waals surface area contributed by atoms with Gasteiger partial charge in [0, 0.05) is 29.3 Å². The molecular weight excluding hydrogens is 366 g/mol. The first-order chi connectivity index (χ1) is 14.2. The number of rotatable bonds is 6. The maximum Gasteiger partial charge on any atom is 0.257 e. The normalized spacial score (nSPS) is 11.0. The van der Waals surface area contributed by atoms with Crippen molar-refractivity contribution in [1.29, 1.82) is 0 Å². The second-order valence-corrected chi connectivity index (χ2v) is 6.27. The van der Waals surface area contributed by atoms with E-state index in [4.69, 9.17) is 0 Å². The number of para-hydroxylation sites is 1. The number of nitrogens with zero attached hydrogens (tertiary/aromatic N) is 7. The minimum absolute atomic E-state index is 0.293. The van der Waals surface area contributed by atoms with Gasteiger partial charge in [-0.3, -0.25) is 4.98 Å². The molecule has 0 spiro atoms. The summed E-state index contributed by atoms with van der Waals surface area (Å²) in [6.07, 6.45) is 5.06. The van der Waals surface area contributed by atoms with Gasteiger partial charge in [-0.05, 0) is 38.1 Å². The van der Waals surface area contributed by atoms with Gasteiger partial charge in [0.25, 0.3) is 5.95 Å². The van der Waals surface area contributed by atoms with E-state index in [0.29, 0.717) is 17.8 Å². The van der Waals surface area contributed by atoms with Crippen LogP contribution in [0.4, 0.5) is 17.6 Å². The van der Waals surface area contributed by atoms with Crippen LogP contribution in [0.3, 0.4) is 0 Å². The summed E-state index contributed by atoms with van der Waals surface area (Å²) in [7, 11) is 0. The fraction of sp³-hybridized carbons (Fsp3) is 0.100. The average molecular weight is 385 g/mol. The summed E-state index contributed by atoms with van der Waals surface area (Å²) in [5, 5.41) is 11.8. The van der Waals surface area contributed by atoms with Gasteiger partial charge in [0.2, 0.25) is 11.9 Å². The highest BCUT2D eigenvalue weighted by Crippen LogP contribution is 2.16. The van der Waals surface area contributed by atoms with Crippen molar-refractivity contribution in [3.05, 3.63) is 77.9 Å². The Morgan fingerprint density at radius 2 is 1.79 bits per heavy atom. The average Bonchev–Trinajstić information content (AvgIpc) is 3.07. The summed E-state index contributed by atoms with van der Waals surface area (Å²) in [6, 6.07) is 15.4. The van der Waals surface area contributed by atoms with Gasteiger partial charge in [-0.2, -0.15) is 25.2 Å². The summed E-state index contributed by atoms with van der Waals surface area (Å²) in [4.78, 5) is 17.4. The highest BCUT2D eigenvalue weighted by molar-refractivity contribution is 5.79. The third-order valence-corrected chi connectivity index (χ3v) is 3.92. The fourth-order valence-electron chi connectivity index (χ4n) is 2.66. The van der Waals surface area contributed by atoms with E-state index in [1.54, 1.807) is 23.3 Å². The maximum atomic E-state index is 4.50. The molecule has 144 valence electrons. The second kappa shape index (κ2) is 8.26. The van der Waals surface area contributed by atoms with Gasteiger partial charge in [0.05, 0.1) is 11.9 Å². The number of aromatic nitrogens is 6. The molecule has 0 amide bonds. The monoisotopic (exact) mass is 385 g/mol. The molecule has 2 N–H and O–H groups in total. The predicted molar refractivity (Wildman–Crippen MR) is 112 cm³/mol. The van der Waals surface area contributed by atoms with Crippen LogP contribution in [-0.4, -0.2) is 35.9 Å². The van der Waals surface area contributed by atoms with Crippen molar-refractivity contribution in [2.45, 2.75) is 13.8 Å². The molecule has 4 rings (SSSR count). The number of hydrogen-bond donors (Lipinski definition) is 2. The van der Waals surface area contributed by atoms with E-state index >= 15 is 0 Å². The van der Waals surface area contributed by atoms with E-state index in [1.807, 2.05) is 62.4 Å². The smallest absolute Gasteiger partial charge is 0.257 e. The van der Waals surface area contributed by atoms with Crippen molar-refractivity contribution in [1.82, 2.24) is 29.7 Å². The first-order valence-corrected chi connectivity index (χ1v) is 8.98. The number of pyridine rings is 1. The Morgan fingerprint density at radius 3 is 2.52 bits per heavy atom. The van der Waals surface area contributed by atoms with Gasteiger partial charge in [-0.15, -0.1) is 0 Å². The first-order valence-electron chi connectivity index (χ1n) is 8.98. The molecule has 0 saturated heterocycles. The van der Waals surface area contributed by atoms with Gasteiger partial charge in [-0.1, -0.05) is 24.3 Å². The van der Waals surface area contributed by atoms with Gasteiger partial charge in [0.1, 0.15) is 0 Å². The molecule has 4 aromatic rings. The third kappa shape index (κ3) is 4.59. The summed E-state index contributed by atoms with van der Waals surface area (Å²) < 4.78 is 1.67. The van der Waals surface area contributed by atoms with Crippen LogP contribution in [0.25, 0.3) is 5.95 Å². The highest BCUT2D eigenvalue weighted by Gasteiger charge is 2.12. The largest absolute Gasteiger partial charge is 0.324 e. The Morgan fingerprint density at radius 1 is 0.966 bits per heavy atom. The highest BCUT2D eigenvalue weighted by atomic mass is 15.4. The summed E-state index contributed by atoms with van der Waals surface area (Å²) in [5.74, 6) is 1.07. The van der Waals surface area contributed by atoms with Crippen LogP contribution in [0.15, 0.2) is 66.0 Å². The van der Waals surface area contributed by atoms with Crippen LogP contribution in [0.5, 0.6) is 0 Å². The summed E-state index contributed by atoms with van der Waals surface area (Å²) in [5.41, 5.74) is 6.37. The number of nitrogens with one attached hydrogen (secondary N) is 2. The molecule has 0 atom stereocenters. The minimum atomic E-state index is 0.293. The molecule has 0 unspecified atom stereocenters. The summed E-state index contributed by atoms with van der Waals surface area (Å²) >= 11 is 0. The Labute approximate surface area is 167 Å². The van der Waals surface area contributed by atoms with Gasteiger partial charge >= 0.3 is 0 Å². The molecule has 3 aromatic heterocycles. The lowest BCUT2D eigenvalue weighted by Gasteiger charge is -2.09. The molecule has 0 aliphatic carbocycles. The lowest BCUT2D eigenvalue weighted by Crippen LogP contribution is -2.11. The number of hydrazone groups is 1. The van der Waals surface area contributed by atoms with Gasteiger partial charge in [-0.25, -0.2) is 10.1 Å². The van der Waals surface area contributed by atoms with Crippen LogP contribution in [0.2, 0.25) is 0 Å². The fourth-order valence-corrected chi connectivity index (χ4v) is 2.66. The molecule has 0 aliphatic rings. The van der Waals surface area contributed by atoms with Gasteiger partial charge in [0.15, 0.2) is 0 Å². The van der Waals surface area contributed by atoms with Crippen molar-refractivity contribution >= 4 is 23.8 Å². The summed E-state index contributed by atoms with van der Waals surface area (Å²) in [6.45, 7) is 3.87. The first kappa shape index (κ1) is 18.2. The quantitative estimate of drug-likeness (QED) is 0.388.